The van der Waals surface area contributed by atoms with Crippen molar-refractivity contribution in [2.45, 2.75) is 39.0 Å². The predicted molar refractivity (Wildman–Crippen MR) is 81.0 cm³/mol. The molecule has 1 unspecified atom stereocenters. The van der Waals surface area contributed by atoms with Gasteiger partial charge in [-0.05, 0) is 37.2 Å². The zero-order chi connectivity index (χ0) is 16.1. The number of nitrogens with zero attached hydrogens (tertiary/aromatic N) is 2. The van der Waals surface area contributed by atoms with E-state index in [1.807, 2.05) is 18.4 Å². The molecule has 2 heterocycles. The molecule has 1 aromatic heterocycles. The van der Waals surface area contributed by atoms with Crippen molar-refractivity contribution in [1.29, 1.82) is 5.41 Å². The van der Waals surface area contributed by atoms with Gasteiger partial charge in [0.05, 0.1) is 15.8 Å². The second-order valence-electron chi connectivity index (χ2n) is 5.49. The first kappa shape index (κ1) is 15.6. The van der Waals surface area contributed by atoms with E-state index in [1.165, 1.54) is 12.1 Å². The Kier molecular flexibility index (Phi) is 3.81. The van der Waals surface area contributed by atoms with Gasteiger partial charge >= 0.3 is 6.18 Å². The van der Waals surface area contributed by atoms with E-state index in [-0.39, 0.29) is 6.04 Å². The largest absolute Gasteiger partial charge is 0.416 e. The number of hydrogen-bond donors (Lipinski definition) is 1. The van der Waals surface area contributed by atoms with E-state index in [0.29, 0.717) is 16.0 Å². The first-order valence-corrected chi connectivity index (χ1v) is 8.21. The van der Waals surface area contributed by atoms with Gasteiger partial charge in [0, 0.05) is 12.6 Å². The number of alkyl halides is 3. The Bertz CT molecular complexity index is 756. The number of benzene rings is 1. The van der Waals surface area contributed by atoms with Crippen LogP contribution in [0.2, 0.25) is 0 Å². The van der Waals surface area contributed by atoms with Crippen molar-refractivity contribution in [3.8, 4) is 0 Å². The summed E-state index contributed by atoms with van der Waals surface area (Å²) in [6, 6.07) is 2.46. The van der Waals surface area contributed by atoms with E-state index in [2.05, 4.69) is 4.90 Å². The Balaban J connectivity index is 2.28. The quantitative estimate of drug-likeness (QED) is 0.907. The number of rotatable bonds is 3. The molecule has 1 aliphatic heterocycles. The number of thiazole rings is 1. The lowest BCUT2D eigenvalue weighted by molar-refractivity contribution is -0.137. The summed E-state index contributed by atoms with van der Waals surface area (Å²) in [7, 11) is 0. The van der Waals surface area contributed by atoms with Crippen molar-refractivity contribution in [3.05, 3.63) is 28.1 Å². The maximum absolute atomic E-state index is 13.2. The zero-order valence-corrected chi connectivity index (χ0v) is 13.3. The van der Waals surface area contributed by atoms with E-state index < -0.39 is 11.7 Å². The Morgan fingerprint density at radius 3 is 2.59 bits per heavy atom. The monoisotopic (exact) mass is 329 g/mol. The predicted octanol–water partition coefficient (Wildman–Crippen LogP) is 3.99. The lowest BCUT2D eigenvalue weighted by Crippen LogP contribution is -2.33. The summed E-state index contributed by atoms with van der Waals surface area (Å²) in [5.41, 5.74) is 0.920. The van der Waals surface area contributed by atoms with E-state index in [4.69, 9.17) is 5.41 Å². The van der Waals surface area contributed by atoms with E-state index in [0.717, 1.165) is 41.9 Å². The smallest absolute Gasteiger partial charge is 0.317 e. The SMILES string of the molecule is CCN(CC)C1CCn2c(=N)sc3cc(C(F)(F)F)cc1c32. The van der Waals surface area contributed by atoms with Crippen molar-refractivity contribution in [1.82, 2.24) is 9.47 Å². The molecule has 0 saturated carbocycles. The fraction of sp³-hybridized carbons (Fsp3) is 0.533. The molecule has 0 amide bonds. The molecule has 22 heavy (non-hydrogen) atoms. The van der Waals surface area contributed by atoms with Crippen molar-refractivity contribution in [2.75, 3.05) is 13.1 Å². The van der Waals surface area contributed by atoms with Gasteiger partial charge in [-0.15, -0.1) is 0 Å². The fourth-order valence-corrected chi connectivity index (χ4v) is 4.35. The molecule has 1 aromatic carbocycles. The number of aryl methyl sites for hydroxylation is 1. The lowest BCUT2D eigenvalue weighted by Gasteiger charge is -2.34. The van der Waals surface area contributed by atoms with Crippen LogP contribution >= 0.6 is 11.3 Å². The van der Waals surface area contributed by atoms with E-state index >= 15 is 0 Å². The average Bonchev–Trinajstić information content (AvgIpc) is 2.78. The van der Waals surface area contributed by atoms with Gasteiger partial charge in [-0.2, -0.15) is 13.2 Å². The van der Waals surface area contributed by atoms with E-state index in [1.54, 1.807) is 0 Å². The molecule has 3 nitrogen and oxygen atoms in total. The first-order valence-electron chi connectivity index (χ1n) is 7.40. The molecule has 1 N–H and O–H groups in total. The van der Waals surface area contributed by atoms with Crippen molar-refractivity contribution in [2.24, 2.45) is 0 Å². The Hall–Kier alpha value is -1.34. The maximum Gasteiger partial charge on any atom is 0.416 e. The number of halogens is 3. The normalized spacial score (nSPS) is 18.4. The third-order valence-corrected chi connectivity index (χ3v) is 5.34. The van der Waals surface area contributed by atoms with Crippen LogP contribution in [0.25, 0.3) is 10.2 Å². The molecule has 0 fully saturated rings. The molecule has 120 valence electrons. The summed E-state index contributed by atoms with van der Waals surface area (Å²) in [4.78, 5) is 2.52. The number of nitrogens with one attached hydrogen (secondary N) is 1. The standard InChI is InChI=1S/C15H18F3N3S/c1-3-20(4-2)11-5-6-21-13-10(11)7-9(15(16,17)18)8-12(13)22-14(21)19/h7-8,11,19H,3-6H2,1-2H3. The van der Waals surface area contributed by atoms with Crippen LogP contribution in [0.5, 0.6) is 0 Å². The van der Waals surface area contributed by atoms with Gasteiger partial charge < -0.3 is 4.57 Å². The molecule has 0 aliphatic carbocycles. The van der Waals surface area contributed by atoms with Crippen LogP contribution in [0.1, 0.15) is 37.4 Å². The second kappa shape index (κ2) is 5.38. The average molecular weight is 329 g/mol. The minimum Gasteiger partial charge on any atom is -0.317 e. The van der Waals surface area contributed by atoms with Gasteiger partial charge in [0.25, 0.3) is 0 Å². The van der Waals surface area contributed by atoms with Crippen molar-refractivity contribution >= 4 is 21.6 Å². The molecule has 0 bridgehead atoms. The second-order valence-corrected chi connectivity index (χ2v) is 6.53. The Labute approximate surface area is 130 Å². The van der Waals surface area contributed by atoms with Crippen LogP contribution < -0.4 is 4.80 Å². The molecule has 0 spiro atoms. The van der Waals surface area contributed by atoms with E-state index in [9.17, 15) is 13.2 Å². The Morgan fingerprint density at radius 2 is 2.00 bits per heavy atom. The molecule has 0 saturated heterocycles. The van der Waals surface area contributed by atoms with Gasteiger partial charge in [0.2, 0.25) is 0 Å². The van der Waals surface area contributed by atoms with Crippen LogP contribution in [0.15, 0.2) is 12.1 Å². The van der Waals surface area contributed by atoms with Crippen LogP contribution in [-0.2, 0) is 12.7 Å². The maximum atomic E-state index is 13.2. The summed E-state index contributed by atoms with van der Waals surface area (Å²) in [6.45, 7) is 6.35. The van der Waals surface area contributed by atoms with Crippen LogP contribution in [0, 0.1) is 5.41 Å². The molecule has 0 radical (unpaired) electrons. The topological polar surface area (TPSA) is 32.0 Å². The third kappa shape index (κ3) is 2.36. The fourth-order valence-electron chi connectivity index (χ4n) is 3.34. The molecule has 1 aliphatic rings. The Morgan fingerprint density at radius 1 is 1.32 bits per heavy atom. The summed E-state index contributed by atoms with van der Waals surface area (Å²) in [5.74, 6) is 0. The molecule has 2 aromatic rings. The van der Waals surface area contributed by atoms with Crippen LogP contribution in [-0.4, -0.2) is 22.6 Å². The third-order valence-electron chi connectivity index (χ3n) is 4.39. The molecular weight excluding hydrogens is 311 g/mol. The molecular formula is C15H18F3N3S. The minimum atomic E-state index is -4.35. The zero-order valence-electron chi connectivity index (χ0n) is 12.5. The molecule has 7 heteroatoms. The van der Waals surface area contributed by atoms with Crippen molar-refractivity contribution in [3.63, 3.8) is 0 Å². The summed E-state index contributed by atoms with van der Waals surface area (Å²) < 4.78 is 42.0. The molecule has 3 rings (SSSR count). The summed E-state index contributed by atoms with van der Waals surface area (Å²) in [5, 5.41) is 8.01. The van der Waals surface area contributed by atoms with Gasteiger partial charge in [0.1, 0.15) is 0 Å². The lowest BCUT2D eigenvalue weighted by atomic mass is 9.95. The van der Waals surface area contributed by atoms with Crippen LogP contribution in [0.3, 0.4) is 0 Å². The van der Waals surface area contributed by atoms with Gasteiger partial charge in [0.15, 0.2) is 4.80 Å². The van der Waals surface area contributed by atoms with Gasteiger partial charge in [-0.25, -0.2) is 0 Å². The molecule has 1 atom stereocenters. The number of aromatic nitrogens is 1. The highest BCUT2D eigenvalue weighted by molar-refractivity contribution is 7.16. The van der Waals surface area contributed by atoms with Gasteiger partial charge in [-0.1, -0.05) is 25.2 Å². The first-order chi connectivity index (χ1) is 10.4. The summed E-state index contributed by atoms with van der Waals surface area (Å²) >= 11 is 1.13. The minimum absolute atomic E-state index is 0.00574. The highest BCUT2D eigenvalue weighted by Crippen LogP contribution is 2.40. The highest BCUT2D eigenvalue weighted by Gasteiger charge is 2.35. The van der Waals surface area contributed by atoms with Crippen LogP contribution in [0.4, 0.5) is 13.2 Å². The number of hydrogen-bond acceptors (Lipinski definition) is 3. The van der Waals surface area contributed by atoms with Crippen molar-refractivity contribution < 1.29 is 13.2 Å². The van der Waals surface area contributed by atoms with Gasteiger partial charge in [-0.3, -0.25) is 10.3 Å². The highest BCUT2D eigenvalue weighted by atomic mass is 32.1. The summed E-state index contributed by atoms with van der Waals surface area (Å²) in [6.07, 6.45) is -3.61.